The third-order valence-corrected chi connectivity index (χ3v) is 3.94. The summed E-state index contributed by atoms with van der Waals surface area (Å²) in [4.78, 5) is 13.5. The summed E-state index contributed by atoms with van der Waals surface area (Å²) >= 11 is 6.02. The first-order chi connectivity index (χ1) is 12.0. The molecule has 6 heteroatoms. The Balaban J connectivity index is 0.000000511. The van der Waals surface area contributed by atoms with Gasteiger partial charge in [-0.05, 0) is 60.7 Å². The van der Waals surface area contributed by atoms with Gasteiger partial charge in [0, 0.05) is 30.4 Å². The molecule has 3 rings (SSSR count). The van der Waals surface area contributed by atoms with Crippen molar-refractivity contribution < 1.29 is 9.90 Å². The summed E-state index contributed by atoms with van der Waals surface area (Å²) in [5.41, 5.74) is 3.71. The molecule has 0 spiro atoms. The van der Waals surface area contributed by atoms with Gasteiger partial charge in [0.1, 0.15) is 5.82 Å². The monoisotopic (exact) mass is 361 g/mol. The minimum atomic E-state index is -0.833. The van der Waals surface area contributed by atoms with E-state index < -0.39 is 5.97 Å². The average molecular weight is 362 g/mol. The summed E-state index contributed by atoms with van der Waals surface area (Å²) < 4.78 is 0. The lowest BCUT2D eigenvalue weighted by Gasteiger charge is -2.12. The highest BCUT2D eigenvalue weighted by atomic mass is 35.5. The van der Waals surface area contributed by atoms with Gasteiger partial charge in [0.25, 0.3) is 5.97 Å². The zero-order valence-electron chi connectivity index (χ0n) is 14.6. The fourth-order valence-corrected chi connectivity index (χ4v) is 2.65. The van der Waals surface area contributed by atoms with Crippen molar-refractivity contribution in [1.82, 2.24) is 10.3 Å². The zero-order chi connectivity index (χ0) is 18.2. The van der Waals surface area contributed by atoms with E-state index in [9.17, 15) is 0 Å². The van der Waals surface area contributed by atoms with Crippen molar-refractivity contribution in [1.29, 1.82) is 0 Å². The van der Waals surface area contributed by atoms with Crippen molar-refractivity contribution in [3.8, 4) is 0 Å². The summed E-state index contributed by atoms with van der Waals surface area (Å²) in [6.07, 6.45) is 4.57. The van der Waals surface area contributed by atoms with E-state index in [2.05, 4.69) is 28.6 Å². The van der Waals surface area contributed by atoms with Gasteiger partial charge in [-0.25, -0.2) is 4.98 Å². The standard InChI is InChI=1S/C17H20ClN3.C2H4O2/c1-2-19-10-13-11-20-17(9-16(13)12-6-7-12)21-15-5-3-4-14(18)8-15;1-2(3)4/h3-5,8-9,11-12,19H,2,6-7,10H2,1H3,(H,20,21);1H3,(H,3,4). The fourth-order valence-electron chi connectivity index (χ4n) is 2.46. The minimum Gasteiger partial charge on any atom is -0.481 e. The van der Waals surface area contributed by atoms with Crippen molar-refractivity contribution in [3.05, 3.63) is 52.7 Å². The molecule has 1 aromatic heterocycles. The maximum Gasteiger partial charge on any atom is 0.300 e. The molecule has 0 amide bonds. The summed E-state index contributed by atoms with van der Waals surface area (Å²) in [7, 11) is 0. The van der Waals surface area contributed by atoms with Crippen LogP contribution in [0.4, 0.5) is 11.5 Å². The van der Waals surface area contributed by atoms with Gasteiger partial charge in [-0.15, -0.1) is 0 Å². The van der Waals surface area contributed by atoms with Crippen molar-refractivity contribution in [2.24, 2.45) is 0 Å². The molecule has 1 aliphatic rings. The predicted molar refractivity (Wildman–Crippen MR) is 102 cm³/mol. The lowest BCUT2D eigenvalue weighted by atomic mass is 10.1. The number of nitrogens with one attached hydrogen (secondary N) is 2. The maximum atomic E-state index is 9.00. The Morgan fingerprint density at radius 2 is 2.08 bits per heavy atom. The molecule has 1 saturated carbocycles. The molecule has 0 bridgehead atoms. The largest absolute Gasteiger partial charge is 0.481 e. The number of carbonyl (C=O) groups is 1. The molecule has 0 atom stereocenters. The van der Waals surface area contributed by atoms with Crippen LogP contribution in [-0.2, 0) is 11.3 Å². The van der Waals surface area contributed by atoms with E-state index >= 15 is 0 Å². The van der Waals surface area contributed by atoms with Crippen LogP contribution < -0.4 is 10.6 Å². The zero-order valence-corrected chi connectivity index (χ0v) is 15.3. The van der Waals surface area contributed by atoms with E-state index in [0.717, 1.165) is 36.5 Å². The highest BCUT2D eigenvalue weighted by Gasteiger charge is 2.26. The van der Waals surface area contributed by atoms with E-state index in [-0.39, 0.29) is 0 Å². The Kier molecular flexibility index (Phi) is 7.22. The Hall–Kier alpha value is -2.11. The second-order valence-electron chi connectivity index (χ2n) is 5.98. The van der Waals surface area contributed by atoms with Gasteiger partial charge >= 0.3 is 0 Å². The first-order valence-corrected chi connectivity index (χ1v) is 8.79. The molecule has 1 aliphatic carbocycles. The summed E-state index contributed by atoms with van der Waals surface area (Å²) in [5.74, 6) is 0.765. The Labute approximate surface area is 153 Å². The van der Waals surface area contributed by atoms with Crippen LogP contribution in [-0.4, -0.2) is 22.6 Å². The number of aromatic nitrogens is 1. The van der Waals surface area contributed by atoms with Crippen LogP contribution in [0.5, 0.6) is 0 Å². The molecule has 0 saturated heterocycles. The van der Waals surface area contributed by atoms with Crippen LogP contribution >= 0.6 is 11.6 Å². The van der Waals surface area contributed by atoms with Crippen LogP contribution in [0.3, 0.4) is 0 Å². The van der Waals surface area contributed by atoms with Gasteiger partial charge in [-0.1, -0.05) is 24.6 Å². The van der Waals surface area contributed by atoms with Crippen LogP contribution in [0.2, 0.25) is 5.02 Å². The number of nitrogens with zero attached hydrogens (tertiary/aromatic N) is 1. The third-order valence-electron chi connectivity index (χ3n) is 3.70. The highest BCUT2D eigenvalue weighted by molar-refractivity contribution is 6.30. The van der Waals surface area contributed by atoms with Crippen LogP contribution in [0, 0.1) is 0 Å². The molecule has 1 aromatic carbocycles. The van der Waals surface area contributed by atoms with Gasteiger partial charge in [-0.2, -0.15) is 0 Å². The predicted octanol–water partition coefficient (Wildman–Crippen LogP) is 4.56. The maximum absolute atomic E-state index is 9.00. The number of benzene rings is 1. The lowest BCUT2D eigenvalue weighted by Crippen LogP contribution is -2.13. The van der Waals surface area contributed by atoms with Gasteiger partial charge < -0.3 is 15.7 Å². The van der Waals surface area contributed by atoms with Crippen molar-refractivity contribution in [3.63, 3.8) is 0 Å². The normalized spacial score (nSPS) is 12.9. The molecule has 0 aliphatic heterocycles. The minimum absolute atomic E-state index is 0.710. The van der Waals surface area contributed by atoms with E-state index in [1.54, 1.807) is 0 Å². The quantitative estimate of drug-likeness (QED) is 0.703. The molecule has 2 aromatic rings. The number of rotatable bonds is 6. The third kappa shape index (κ3) is 6.72. The second-order valence-corrected chi connectivity index (χ2v) is 6.41. The Morgan fingerprint density at radius 1 is 1.36 bits per heavy atom. The topological polar surface area (TPSA) is 74.2 Å². The molecule has 1 fully saturated rings. The van der Waals surface area contributed by atoms with E-state index in [1.165, 1.54) is 24.0 Å². The molecule has 3 N–H and O–H groups in total. The number of pyridine rings is 1. The summed E-state index contributed by atoms with van der Waals surface area (Å²) in [6, 6.07) is 9.90. The van der Waals surface area contributed by atoms with Gasteiger partial charge in [-0.3, -0.25) is 4.79 Å². The van der Waals surface area contributed by atoms with Crippen LogP contribution in [0.25, 0.3) is 0 Å². The number of halogens is 1. The number of anilines is 2. The molecule has 5 nitrogen and oxygen atoms in total. The lowest BCUT2D eigenvalue weighted by molar-refractivity contribution is -0.134. The number of hydrogen-bond donors (Lipinski definition) is 3. The SMILES string of the molecule is CC(=O)O.CCNCc1cnc(Nc2cccc(Cl)c2)cc1C1CC1. The number of aliphatic carboxylic acids is 1. The van der Waals surface area contributed by atoms with Gasteiger partial charge in [0.2, 0.25) is 0 Å². The highest BCUT2D eigenvalue weighted by Crippen LogP contribution is 2.42. The summed E-state index contributed by atoms with van der Waals surface area (Å²) in [5, 5.41) is 14.9. The van der Waals surface area contributed by atoms with Crippen LogP contribution in [0.15, 0.2) is 36.5 Å². The van der Waals surface area contributed by atoms with Crippen molar-refractivity contribution >= 4 is 29.1 Å². The summed E-state index contributed by atoms with van der Waals surface area (Å²) in [6.45, 7) is 5.08. The molecular formula is C19H24ClN3O2. The number of carboxylic acids is 1. The van der Waals surface area contributed by atoms with E-state index in [0.29, 0.717) is 5.92 Å². The smallest absolute Gasteiger partial charge is 0.300 e. The van der Waals surface area contributed by atoms with Crippen molar-refractivity contribution in [2.75, 3.05) is 11.9 Å². The van der Waals surface area contributed by atoms with Gasteiger partial charge in [0.15, 0.2) is 0 Å². The first-order valence-electron chi connectivity index (χ1n) is 8.41. The average Bonchev–Trinajstić information content (AvgIpc) is 3.38. The van der Waals surface area contributed by atoms with E-state index in [4.69, 9.17) is 21.5 Å². The number of hydrogen-bond acceptors (Lipinski definition) is 4. The molecule has 0 radical (unpaired) electrons. The van der Waals surface area contributed by atoms with Crippen molar-refractivity contribution in [2.45, 2.75) is 39.2 Å². The molecule has 1 heterocycles. The van der Waals surface area contributed by atoms with Gasteiger partial charge in [0.05, 0.1) is 0 Å². The number of carboxylic acid groups (broad SMARTS) is 1. The molecule has 134 valence electrons. The second kappa shape index (κ2) is 9.39. The van der Waals surface area contributed by atoms with E-state index in [1.807, 2.05) is 30.5 Å². The first kappa shape index (κ1) is 19.2. The Morgan fingerprint density at radius 3 is 2.68 bits per heavy atom. The Bertz CT molecular complexity index is 714. The molecule has 25 heavy (non-hydrogen) atoms. The van der Waals surface area contributed by atoms with Crippen LogP contribution in [0.1, 0.15) is 43.7 Å². The fraction of sp³-hybridized carbons (Fsp3) is 0.368. The molecule has 0 unspecified atom stereocenters. The molecular weight excluding hydrogens is 338 g/mol.